The molecule has 0 amide bonds. The first kappa shape index (κ1) is 23.8. The van der Waals surface area contributed by atoms with E-state index in [0.29, 0.717) is 6.42 Å². The number of alkyl halides is 1. The SMILES string of the molecule is C=CC(CCCI)(CCC(=O)P(=O)(OCC)OCC)C(=O)OCC. The van der Waals surface area contributed by atoms with Crippen LogP contribution in [0.25, 0.3) is 0 Å². The Bertz CT molecular complexity index is 457. The van der Waals surface area contributed by atoms with Crippen LogP contribution < -0.4 is 0 Å². The smallest absolute Gasteiger partial charge is 0.396 e. The van der Waals surface area contributed by atoms with Crippen LogP contribution in [0, 0.1) is 5.41 Å². The van der Waals surface area contributed by atoms with Gasteiger partial charge in [0.15, 0.2) is 0 Å². The van der Waals surface area contributed by atoms with Crippen LogP contribution in [-0.4, -0.2) is 35.7 Å². The molecule has 0 saturated heterocycles. The van der Waals surface area contributed by atoms with Crippen molar-refractivity contribution in [2.24, 2.45) is 5.41 Å². The van der Waals surface area contributed by atoms with Gasteiger partial charge in [0.1, 0.15) is 0 Å². The zero-order chi connectivity index (χ0) is 18.6. The van der Waals surface area contributed by atoms with E-state index in [1.807, 2.05) is 0 Å². The van der Waals surface area contributed by atoms with Crippen LogP contribution in [-0.2, 0) is 27.9 Å². The molecule has 0 aromatic heterocycles. The highest BCUT2D eigenvalue weighted by molar-refractivity contribution is 14.1. The number of esters is 1. The summed E-state index contributed by atoms with van der Waals surface area (Å²) in [7, 11) is -3.81. The average molecular weight is 474 g/mol. The molecule has 0 radical (unpaired) electrons. The number of carbonyl (C=O) groups is 2. The molecule has 0 fully saturated rings. The molecule has 8 heteroatoms. The van der Waals surface area contributed by atoms with Crippen LogP contribution in [0.5, 0.6) is 0 Å². The predicted octanol–water partition coefficient (Wildman–Crippen LogP) is 4.51. The predicted molar refractivity (Wildman–Crippen MR) is 102 cm³/mol. The minimum absolute atomic E-state index is 0.0939. The van der Waals surface area contributed by atoms with Gasteiger partial charge in [-0.1, -0.05) is 28.7 Å². The Morgan fingerprint density at radius 2 is 1.71 bits per heavy atom. The molecule has 24 heavy (non-hydrogen) atoms. The van der Waals surface area contributed by atoms with Gasteiger partial charge in [0, 0.05) is 6.42 Å². The van der Waals surface area contributed by atoms with Crippen molar-refractivity contribution in [2.45, 2.75) is 46.5 Å². The first-order valence-corrected chi connectivity index (χ1v) is 11.2. The molecule has 0 aliphatic carbocycles. The van der Waals surface area contributed by atoms with Crippen molar-refractivity contribution in [1.82, 2.24) is 0 Å². The highest BCUT2D eigenvalue weighted by atomic mass is 127. The van der Waals surface area contributed by atoms with Crippen molar-refractivity contribution in [3.05, 3.63) is 12.7 Å². The first-order valence-electron chi connectivity index (χ1n) is 8.15. The Labute approximate surface area is 158 Å². The molecule has 140 valence electrons. The summed E-state index contributed by atoms with van der Waals surface area (Å²) < 4.78 is 28.6. The quantitative estimate of drug-likeness (QED) is 0.121. The van der Waals surface area contributed by atoms with Gasteiger partial charge in [-0.15, -0.1) is 6.58 Å². The van der Waals surface area contributed by atoms with Crippen molar-refractivity contribution in [3.63, 3.8) is 0 Å². The maximum Gasteiger partial charge on any atom is 0.396 e. The molecule has 0 aromatic carbocycles. The summed E-state index contributed by atoms with van der Waals surface area (Å²) in [6.07, 6.45) is 2.93. The summed E-state index contributed by atoms with van der Waals surface area (Å²) in [6, 6.07) is 0. The molecule has 0 aromatic rings. The van der Waals surface area contributed by atoms with Crippen molar-refractivity contribution >= 4 is 41.7 Å². The highest BCUT2D eigenvalue weighted by Gasteiger charge is 2.40. The Balaban J connectivity index is 5.21. The second-order valence-corrected chi connectivity index (χ2v) is 8.19. The molecular formula is C16H28IO6P. The summed E-state index contributed by atoms with van der Waals surface area (Å²) in [6.45, 7) is 9.26. The number of rotatable bonds is 14. The summed E-state index contributed by atoms with van der Waals surface area (Å²) in [5, 5.41) is 0. The molecule has 1 atom stereocenters. The van der Waals surface area contributed by atoms with E-state index < -0.39 is 24.5 Å². The lowest BCUT2D eigenvalue weighted by Crippen LogP contribution is -2.32. The lowest BCUT2D eigenvalue weighted by Gasteiger charge is -2.28. The van der Waals surface area contributed by atoms with E-state index >= 15 is 0 Å². The van der Waals surface area contributed by atoms with Gasteiger partial charge in [0.05, 0.1) is 25.2 Å². The molecule has 0 rings (SSSR count). The van der Waals surface area contributed by atoms with Gasteiger partial charge < -0.3 is 13.8 Å². The second-order valence-electron chi connectivity index (χ2n) is 5.10. The normalized spacial score (nSPS) is 14.0. The Hall–Kier alpha value is -0.240. The van der Waals surface area contributed by atoms with Crippen molar-refractivity contribution in [3.8, 4) is 0 Å². The standard InChI is InChI=1S/C16H28IO6P/c1-5-16(11-9-13-17,15(19)21-6-2)12-10-14(18)24(20,22-7-3)23-8-4/h5H,1,6-13H2,2-4H3. The van der Waals surface area contributed by atoms with Crippen LogP contribution in [0.15, 0.2) is 12.7 Å². The summed E-state index contributed by atoms with van der Waals surface area (Å²) in [5.74, 6) is -0.402. The summed E-state index contributed by atoms with van der Waals surface area (Å²) in [5.41, 5.74) is -1.57. The number of hydrogen-bond acceptors (Lipinski definition) is 6. The molecule has 0 spiro atoms. The Morgan fingerprint density at radius 3 is 2.12 bits per heavy atom. The minimum Gasteiger partial charge on any atom is -0.465 e. The van der Waals surface area contributed by atoms with Crippen LogP contribution >= 0.6 is 30.2 Å². The third kappa shape index (κ3) is 6.94. The van der Waals surface area contributed by atoms with Crippen LogP contribution in [0.4, 0.5) is 0 Å². The monoisotopic (exact) mass is 474 g/mol. The summed E-state index contributed by atoms with van der Waals surface area (Å²) >= 11 is 2.23. The molecular weight excluding hydrogens is 446 g/mol. The molecule has 6 nitrogen and oxygen atoms in total. The van der Waals surface area contributed by atoms with E-state index in [-0.39, 0.29) is 32.7 Å². The third-order valence-electron chi connectivity index (χ3n) is 3.52. The van der Waals surface area contributed by atoms with Gasteiger partial charge in [0.2, 0.25) is 5.52 Å². The van der Waals surface area contributed by atoms with E-state index in [9.17, 15) is 14.2 Å². The van der Waals surface area contributed by atoms with E-state index in [1.54, 1.807) is 20.8 Å². The van der Waals surface area contributed by atoms with E-state index in [2.05, 4.69) is 29.2 Å². The van der Waals surface area contributed by atoms with E-state index in [0.717, 1.165) is 10.8 Å². The van der Waals surface area contributed by atoms with Gasteiger partial charge in [0.25, 0.3) is 0 Å². The molecule has 0 bridgehead atoms. The largest absolute Gasteiger partial charge is 0.465 e. The van der Waals surface area contributed by atoms with Crippen LogP contribution in [0.2, 0.25) is 0 Å². The average Bonchev–Trinajstić information content (AvgIpc) is 2.55. The van der Waals surface area contributed by atoms with Gasteiger partial charge in [-0.05, 0) is 44.5 Å². The number of halogens is 1. The van der Waals surface area contributed by atoms with Gasteiger partial charge in [-0.3, -0.25) is 14.2 Å². The fourth-order valence-electron chi connectivity index (χ4n) is 2.26. The first-order chi connectivity index (χ1) is 11.4. The summed E-state index contributed by atoms with van der Waals surface area (Å²) in [4.78, 5) is 24.7. The molecule has 0 aliphatic heterocycles. The fraction of sp³-hybridized carbons (Fsp3) is 0.750. The lowest BCUT2D eigenvalue weighted by molar-refractivity contribution is -0.153. The lowest BCUT2D eigenvalue weighted by atomic mass is 9.79. The van der Waals surface area contributed by atoms with E-state index in [1.165, 1.54) is 6.08 Å². The molecule has 0 saturated carbocycles. The van der Waals surface area contributed by atoms with E-state index in [4.69, 9.17) is 13.8 Å². The third-order valence-corrected chi connectivity index (χ3v) is 6.31. The number of carbonyl (C=O) groups excluding carboxylic acids is 2. The van der Waals surface area contributed by atoms with Gasteiger partial charge in [-0.25, -0.2) is 0 Å². The number of ether oxygens (including phenoxy) is 1. The van der Waals surface area contributed by atoms with Crippen LogP contribution in [0.3, 0.4) is 0 Å². The van der Waals surface area contributed by atoms with Crippen LogP contribution in [0.1, 0.15) is 46.5 Å². The maximum atomic E-state index is 12.5. The topological polar surface area (TPSA) is 78.9 Å². The van der Waals surface area contributed by atoms with Crippen molar-refractivity contribution < 1.29 is 27.9 Å². The highest BCUT2D eigenvalue weighted by Crippen LogP contribution is 2.51. The zero-order valence-corrected chi connectivity index (χ0v) is 17.8. The molecule has 0 N–H and O–H groups in total. The van der Waals surface area contributed by atoms with Gasteiger partial charge in [-0.2, -0.15) is 0 Å². The maximum absolute atomic E-state index is 12.5. The van der Waals surface area contributed by atoms with Crippen molar-refractivity contribution in [1.29, 1.82) is 0 Å². The number of hydrogen-bond donors (Lipinski definition) is 0. The second kappa shape index (κ2) is 12.2. The van der Waals surface area contributed by atoms with Crippen molar-refractivity contribution in [2.75, 3.05) is 24.2 Å². The fourth-order valence-corrected chi connectivity index (χ4v) is 4.07. The Kier molecular flexibility index (Phi) is 12.0. The van der Waals surface area contributed by atoms with Gasteiger partial charge >= 0.3 is 13.6 Å². The molecule has 0 aliphatic rings. The molecule has 0 heterocycles. The minimum atomic E-state index is -3.81. The molecule has 1 unspecified atom stereocenters. The zero-order valence-electron chi connectivity index (χ0n) is 14.7. The Morgan fingerprint density at radius 1 is 1.12 bits per heavy atom.